The maximum Gasteiger partial charge on any atom is 0.152 e. The first-order valence-electron chi connectivity index (χ1n) is 12.0. The van der Waals surface area contributed by atoms with Crippen molar-refractivity contribution < 1.29 is 27.2 Å². The molecule has 3 fully saturated rings. The van der Waals surface area contributed by atoms with Crippen LogP contribution in [0.3, 0.4) is 0 Å². The van der Waals surface area contributed by atoms with Gasteiger partial charge in [0.2, 0.25) is 0 Å². The van der Waals surface area contributed by atoms with E-state index in [1.807, 2.05) is 19.1 Å². The van der Waals surface area contributed by atoms with Gasteiger partial charge in [-0.15, -0.1) is 0 Å². The molecule has 190 valence electrons. The predicted molar refractivity (Wildman–Crippen MR) is 132 cm³/mol. The van der Waals surface area contributed by atoms with Crippen LogP contribution in [0.15, 0.2) is 41.0 Å². The minimum Gasteiger partial charge on any atom is -0.483 e. The van der Waals surface area contributed by atoms with Gasteiger partial charge < -0.3 is 19.5 Å². The molecule has 1 N–H and O–H groups in total. The fourth-order valence-corrected chi connectivity index (χ4v) is 7.25. The molecule has 0 amide bonds. The fraction of sp³-hybridized carbons (Fsp3) is 0.440. The van der Waals surface area contributed by atoms with Crippen LogP contribution in [0.5, 0.6) is 5.75 Å². The standard InChI is InChI=1S/C25H26F2N4O4S/c1-14-8-16(31-36(32)6-2-3-7-36)10-19-22(14)25(29-13-28-19)30-18-5-4-15(26)9-20(18)35-21-12-34-23-17(27)11-33-24(21)23/h4-5,8-10,13,17,21,23-24H,2-3,6-7,11-12H2,1H3,(H,28,29,30)/t17-,21+,23+,24+/m0/s1. The lowest BCUT2D eigenvalue weighted by atomic mass is 10.1. The van der Waals surface area contributed by atoms with Crippen LogP contribution in [0.2, 0.25) is 0 Å². The van der Waals surface area contributed by atoms with E-state index in [4.69, 9.17) is 14.2 Å². The number of nitrogens with zero attached hydrogens (tertiary/aromatic N) is 3. The predicted octanol–water partition coefficient (Wildman–Crippen LogP) is 4.60. The van der Waals surface area contributed by atoms with Crippen molar-refractivity contribution >= 4 is 37.8 Å². The Morgan fingerprint density at radius 2 is 1.92 bits per heavy atom. The molecule has 4 heterocycles. The summed E-state index contributed by atoms with van der Waals surface area (Å²) in [5.74, 6) is 1.52. The van der Waals surface area contributed by atoms with Crippen LogP contribution in [-0.2, 0) is 19.2 Å². The topological polar surface area (TPSA) is 94.9 Å². The number of rotatable bonds is 5. The molecule has 11 heteroatoms. The van der Waals surface area contributed by atoms with Crippen LogP contribution in [0.1, 0.15) is 18.4 Å². The van der Waals surface area contributed by atoms with Crippen molar-refractivity contribution in [2.75, 3.05) is 30.0 Å². The SMILES string of the molecule is Cc1cc(N=S2(=O)CCCC2)cc2ncnc(Nc3ccc(F)cc3O[C@@H]3CO[C@H]4[C@@H]3OC[C@@H]4F)c12. The monoisotopic (exact) mass is 516 g/mol. The van der Waals surface area contributed by atoms with Gasteiger partial charge in [-0.2, -0.15) is 4.36 Å². The molecule has 8 nitrogen and oxygen atoms in total. The zero-order valence-corrected chi connectivity index (χ0v) is 20.5. The average molecular weight is 517 g/mol. The Labute approximate surface area is 207 Å². The van der Waals surface area contributed by atoms with E-state index in [2.05, 4.69) is 19.6 Å². The second-order valence-electron chi connectivity index (χ2n) is 9.39. The first-order chi connectivity index (χ1) is 17.4. The van der Waals surface area contributed by atoms with Crippen molar-refractivity contribution in [2.24, 2.45) is 4.36 Å². The largest absolute Gasteiger partial charge is 0.483 e. The Kier molecular flexibility index (Phi) is 6.01. The van der Waals surface area contributed by atoms with Crippen molar-refractivity contribution in [3.8, 4) is 5.75 Å². The van der Waals surface area contributed by atoms with E-state index in [0.717, 1.165) is 23.8 Å². The number of fused-ring (bicyclic) bond motifs is 2. The minimum atomic E-state index is -2.21. The van der Waals surface area contributed by atoms with Gasteiger partial charge in [0.05, 0.1) is 39.8 Å². The number of alkyl halides is 1. The van der Waals surface area contributed by atoms with Gasteiger partial charge in [-0.1, -0.05) is 0 Å². The van der Waals surface area contributed by atoms with Gasteiger partial charge in [-0.05, 0) is 49.6 Å². The summed E-state index contributed by atoms with van der Waals surface area (Å²) in [6.45, 7) is 2.02. The van der Waals surface area contributed by atoms with E-state index < -0.39 is 40.0 Å². The van der Waals surface area contributed by atoms with Crippen LogP contribution < -0.4 is 10.1 Å². The smallest absolute Gasteiger partial charge is 0.152 e. The van der Waals surface area contributed by atoms with Crippen molar-refractivity contribution in [1.29, 1.82) is 0 Å². The number of ether oxygens (including phenoxy) is 3. The average Bonchev–Trinajstić information content (AvgIpc) is 3.54. The number of hydrogen-bond donors (Lipinski definition) is 1. The molecule has 0 bridgehead atoms. The van der Waals surface area contributed by atoms with E-state index in [1.165, 1.54) is 18.5 Å². The van der Waals surface area contributed by atoms with E-state index in [-0.39, 0.29) is 19.0 Å². The second-order valence-corrected chi connectivity index (χ2v) is 11.9. The third kappa shape index (κ3) is 4.39. The summed E-state index contributed by atoms with van der Waals surface area (Å²) < 4.78 is 62.7. The van der Waals surface area contributed by atoms with Crippen LogP contribution >= 0.6 is 0 Å². The molecule has 3 aromatic rings. The summed E-state index contributed by atoms with van der Waals surface area (Å²) in [4.78, 5) is 8.81. The first-order valence-corrected chi connectivity index (χ1v) is 13.8. The molecule has 0 unspecified atom stereocenters. The van der Waals surface area contributed by atoms with Crippen LogP contribution in [0.25, 0.3) is 10.9 Å². The molecule has 36 heavy (non-hydrogen) atoms. The van der Waals surface area contributed by atoms with Crippen molar-refractivity contribution in [1.82, 2.24) is 9.97 Å². The third-order valence-corrected chi connectivity index (χ3v) is 9.19. The van der Waals surface area contributed by atoms with Gasteiger partial charge in [0.15, 0.2) is 12.3 Å². The molecule has 4 atom stereocenters. The highest BCUT2D eigenvalue weighted by molar-refractivity contribution is 7.93. The summed E-state index contributed by atoms with van der Waals surface area (Å²) in [6, 6.07) is 7.83. The minimum absolute atomic E-state index is 0.0428. The molecule has 3 aliphatic rings. The fourth-order valence-electron chi connectivity index (χ4n) is 5.07. The summed E-state index contributed by atoms with van der Waals surface area (Å²) in [5, 5.41) is 4.00. The molecule has 3 aliphatic heterocycles. The lowest BCUT2D eigenvalue weighted by molar-refractivity contribution is 0.0283. The highest BCUT2D eigenvalue weighted by atomic mass is 32.2. The Hall–Kier alpha value is -2.89. The van der Waals surface area contributed by atoms with Crippen LogP contribution in [0.4, 0.5) is 26.0 Å². The molecule has 0 radical (unpaired) electrons. The maximum absolute atomic E-state index is 14.2. The Bertz CT molecular complexity index is 1430. The Balaban J connectivity index is 1.32. The molecular formula is C25H26F2N4O4S. The Morgan fingerprint density at radius 1 is 1.11 bits per heavy atom. The number of hydrogen-bond acceptors (Lipinski definition) is 8. The number of aryl methyl sites for hydroxylation is 1. The highest BCUT2D eigenvalue weighted by Crippen LogP contribution is 2.37. The quantitative estimate of drug-likeness (QED) is 0.530. The van der Waals surface area contributed by atoms with Crippen LogP contribution in [0, 0.1) is 12.7 Å². The molecule has 0 saturated carbocycles. The van der Waals surface area contributed by atoms with Gasteiger partial charge in [0.1, 0.15) is 35.9 Å². The Morgan fingerprint density at radius 3 is 2.75 bits per heavy atom. The third-order valence-electron chi connectivity index (χ3n) is 6.79. The van der Waals surface area contributed by atoms with E-state index >= 15 is 0 Å². The molecule has 3 saturated heterocycles. The number of anilines is 2. The molecule has 0 spiro atoms. The maximum atomic E-state index is 14.2. The van der Waals surface area contributed by atoms with Gasteiger partial charge in [-0.3, -0.25) is 0 Å². The molecule has 6 rings (SSSR count). The highest BCUT2D eigenvalue weighted by Gasteiger charge is 2.49. The number of halogens is 2. The summed E-state index contributed by atoms with van der Waals surface area (Å²) in [5.41, 5.74) is 2.63. The lowest BCUT2D eigenvalue weighted by Gasteiger charge is -2.20. The first kappa shape index (κ1) is 23.5. The van der Waals surface area contributed by atoms with Crippen molar-refractivity contribution in [3.63, 3.8) is 0 Å². The summed E-state index contributed by atoms with van der Waals surface area (Å²) in [7, 11) is -2.21. The van der Waals surface area contributed by atoms with Gasteiger partial charge in [0.25, 0.3) is 0 Å². The normalized spacial score (nSPS) is 26.8. The number of nitrogens with one attached hydrogen (secondary N) is 1. The van der Waals surface area contributed by atoms with Crippen molar-refractivity contribution in [3.05, 3.63) is 48.0 Å². The summed E-state index contributed by atoms with van der Waals surface area (Å²) in [6.07, 6.45) is 0.302. The van der Waals surface area contributed by atoms with E-state index in [9.17, 15) is 13.0 Å². The molecule has 1 aromatic heterocycles. The molecule has 2 aromatic carbocycles. The number of aromatic nitrogens is 2. The van der Waals surface area contributed by atoms with E-state index in [0.29, 0.717) is 34.2 Å². The van der Waals surface area contributed by atoms with Gasteiger partial charge in [-0.25, -0.2) is 23.0 Å². The lowest BCUT2D eigenvalue weighted by Crippen LogP contribution is -2.34. The van der Waals surface area contributed by atoms with Crippen molar-refractivity contribution in [2.45, 2.75) is 44.2 Å². The summed E-state index contributed by atoms with van der Waals surface area (Å²) >= 11 is 0. The van der Waals surface area contributed by atoms with Gasteiger partial charge in [0, 0.05) is 23.0 Å². The second kappa shape index (κ2) is 9.20. The molecule has 0 aliphatic carbocycles. The zero-order chi connectivity index (χ0) is 24.9. The van der Waals surface area contributed by atoms with Gasteiger partial charge >= 0.3 is 0 Å². The molecular weight excluding hydrogens is 490 g/mol. The van der Waals surface area contributed by atoms with Crippen LogP contribution in [-0.4, -0.2) is 63.4 Å². The number of benzene rings is 2. The zero-order valence-electron chi connectivity index (χ0n) is 19.7. The van der Waals surface area contributed by atoms with E-state index in [1.54, 1.807) is 6.07 Å².